The minimum absolute atomic E-state index is 0.0501. The second kappa shape index (κ2) is 38.5. The van der Waals surface area contributed by atoms with Gasteiger partial charge in [-0.3, -0.25) is 31.5 Å². The smallest absolute Gasteiger partial charge is 0.348 e. The van der Waals surface area contributed by atoms with E-state index in [-0.39, 0.29) is 55.8 Å². The highest BCUT2D eigenvalue weighted by Crippen LogP contribution is 2.32. The van der Waals surface area contributed by atoms with Crippen molar-refractivity contribution in [1.29, 1.82) is 15.8 Å². The van der Waals surface area contributed by atoms with Crippen molar-refractivity contribution in [3.8, 4) is 18.2 Å². The van der Waals surface area contributed by atoms with Gasteiger partial charge in [0.2, 0.25) is 5.71 Å². The van der Waals surface area contributed by atoms with Crippen LogP contribution in [0, 0.1) is 51.0 Å². The van der Waals surface area contributed by atoms with Gasteiger partial charge in [0.1, 0.15) is 71.7 Å². The zero-order valence-electron chi connectivity index (χ0n) is 63.1. The number of esters is 2. The minimum Gasteiger partial charge on any atom is -0.435 e. The van der Waals surface area contributed by atoms with Crippen molar-refractivity contribution >= 4 is 206 Å². The highest BCUT2D eigenvalue weighted by molar-refractivity contribution is 7.86. The summed E-state index contributed by atoms with van der Waals surface area (Å²) in [6, 6.07) is 50.1. The van der Waals surface area contributed by atoms with E-state index in [0.29, 0.717) is 59.6 Å². The van der Waals surface area contributed by atoms with Crippen molar-refractivity contribution in [3.05, 3.63) is 263 Å². The first kappa shape index (κ1) is 89.8. The topological polar surface area (TPSA) is 552 Å². The number of benzene rings is 7. The van der Waals surface area contributed by atoms with Crippen LogP contribution >= 0.6 is 56.9 Å². The Balaban J connectivity index is 0.000000159. The number of nitro benzene ring substituents is 1. The average Bonchev–Trinajstić information content (AvgIpc) is 1.72. The summed E-state index contributed by atoms with van der Waals surface area (Å²) in [6.07, 6.45) is 9.53. The molecule has 0 bridgehead atoms. The summed E-state index contributed by atoms with van der Waals surface area (Å²) in [5, 5.41) is 57.5. The average molecular weight is 1830 g/mol. The molecule has 1 saturated heterocycles. The standard InChI is InChI=1S/C17H16N2O7S2.C16H11N3O3S2.C15H11N3O5S2.C13H7ClN4O3S2.C12H10N4O4S/c1-9-5-6-11-13(7-9)27-14(18-11)12(19-26-28(4,22)23)8-10-15(20)24-17(2,3)25-16(10)21;1-24(20,21)22-19-15(12-8-6-11(10-17)7-9-12)16-18-13-4-2-3-5-14(13)23-16;1-25(21,22)23-17-14(10-6-8-11(9-7-10)18(19)20)15-16-12-4-2-3-5-13(12)24-15;1-23(19,20)21-18-11(4-8(6-15)7-16)13-17-10-3-2-9(14)5-12(10)22-13;1-21(17,18)20-16-10(11-13-6-7-14-11)12-15-8-4-2-3-5-9(8)19-12/h5-8H,1-4H3;2-9H,1H3;2-9H,1H3;2-5H,1H3;2-7H,1H3,(H,13,14)/b19-12+;19-15+;17-14+;18-11+;16-10+. The number of nitrogens with one attached hydrogen (secondary N) is 1. The summed E-state index contributed by atoms with van der Waals surface area (Å²) in [4.78, 5) is 63.2. The van der Waals surface area contributed by atoms with Crippen molar-refractivity contribution in [2.75, 3.05) is 31.3 Å². The molecule has 0 amide bonds. The molecular formula is C73H55ClN16O22S9. The fraction of sp³-hybridized carbons (Fsp3) is 0.123. The third-order valence-corrected chi connectivity index (χ3v) is 20.6. The Hall–Kier alpha value is -13.5. The number of para-hydroxylation sites is 4. The maximum Gasteiger partial charge on any atom is 0.348 e. The van der Waals surface area contributed by atoms with Crippen molar-refractivity contribution in [2.24, 2.45) is 25.8 Å². The number of aryl methyl sites for hydroxylation is 1. The van der Waals surface area contributed by atoms with Gasteiger partial charge >= 0.3 is 62.5 Å². The Morgan fingerprint density at radius 2 is 0.959 bits per heavy atom. The molecule has 0 saturated carbocycles. The largest absolute Gasteiger partial charge is 0.435 e. The number of aromatic nitrogens is 7. The number of thiazole rings is 4. The normalized spacial score (nSPS) is 13.3. The van der Waals surface area contributed by atoms with Crippen LogP contribution in [0.1, 0.15) is 67.8 Å². The summed E-state index contributed by atoms with van der Waals surface area (Å²) in [7, 11) is -19.1. The molecule has 0 aliphatic carbocycles. The Kier molecular flexibility index (Phi) is 28.5. The Morgan fingerprint density at radius 3 is 1.43 bits per heavy atom. The van der Waals surface area contributed by atoms with E-state index in [4.69, 9.17) is 41.3 Å². The number of carbonyl (C=O) groups is 2. The maximum absolute atomic E-state index is 12.2. The number of imidazole rings is 1. The van der Waals surface area contributed by atoms with E-state index in [9.17, 15) is 61.8 Å². The molecule has 7 aromatic carbocycles. The van der Waals surface area contributed by atoms with Gasteiger partial charge in [-0.15, -0.1) is 45.3 Å². The number of oxime groups is 5. The number of hydrogen-bond acceptors (Lipinski definition) is 40. The number of fused-ring (bicyclic) bond motifs is 5. The number of allylic oxidation sites excluding steroid dienone is 3. The Bertz CT molecular complexity index is 7030. The van der Waals surface area contributed by atoms with Gasteiger partial charge in [0.25, 0.3) is 17.4 Å². The summed E-state index contributed by atoms with van der Waals surface area (Å²) in [5.74, 6) is -2.87. The van der Waals surface area contributed by atoms with Crippen LogP contribution in [0.15, 0.2) is 224 Å². The number of nitriles is 3. The van der Waals surface area contributed by atoms with E-state index in [1.165, 1.54) is 89.7 Å². The first-order chi connectivity index (χ1) is 57.1. The van der Waals surface area contributed by atoms with Crippen LogP contribution < -0.4 is 0 Å². The Labute approximate surface area is 707 Å². The van der Waals surface area contributed by atoms with Gasteiger partial charge in [-0.25, -0.2) is 39.5 Å². The molecule has 0 spiro atoms. The van der Waals surface area contributed by atoms with Crippen LogP contribution in [0.5, 0.6) is 0 Å². The third-order valence-electron chi connectivity index (χ3n) is 14.4. The molecule has 1 aliphatic heterocycles. The number of oxazole rings is 1. The van der Waals surface area contributed by atoms with Crippen LogP contribution in [-0.2, 0) is 91.1 Å². The van der Waals surface area contributed by atoms with E-state index in [0.717, 1.165) is 78.8 Å². The van der Waals surface area contributed by atoms with Gasteiger partial charge in [0, 0.05) is 54.5 Å². The summed E-state index contributed by atoms with van der Waals surface area (Å²) in [5.41, 5.74) is 6.06. The van der Waals surface area contributed by atoms with Crippen LogP contribution in [0.4, 0.5) is 5.69 Å². The highest BCUT2D eigenvalue weighted by Gasteiger charge is 2.40. The van der Waals surface area contributed by atoms with Crippen molar-refractivity contribution < 1.29 is 91.9 Å². The lowest BCUT2D eigenvalue weighted by molar-refractivity contribution is -0.384. The number of carbonyl (C=O) groups excluding carboxylic acids is 2. The predicted octanol–water partition coefficient (Wildman–Crippen LogP) is 11.8. The molecule has 0 atom stereocenters. The van der Waals surface area contributed by atoms with Gasteiger partial charge in [-0.2, -0.15) is 57.9 Å². The fourth-order valence-corrected chi connectivity index (χ4v) is 14.7. The molecule has 48 heteroatoms. The molecule has 6 aromatic heterocycles. The first-order valence-corrected chi connectivity index (χ1v) is 46.1. The third kappa shape index (κ3) is 26.2. The lowest BCUT2D eigenvalue weighted by Gasteiger charge is -2.29. The number of halogens is 1. The highest BCUT2D eigenvalue weighted by atomic mass is 35.5. The lowest BCUT2D eigenvalue weighted by Crippen LogP contribution is -2.42. The lowest BCUT2D eigenvalue weighted by atomic mass is 10.1. The number of rotatable bonds is 21. The van der Waals surface area contributed by atoms with Crippen molar-refractivity contribution in [3.63, 3.8) is 0 Å². The number of nitro groups is 1. The summed E-state index contributed by atoms with van der Waals surface area (Å²) >= 11 is 11.0. The predicted molar refractivity (Wildman–Crippen MR) is 448 cm³/mol. The van der Waals surface area contributed by atoms with Crippen LogP contribution in [0.25, 0.3) is 52.0 Å². The molecule has 0 radical (unpaired) electrons. The number of nitrogens with zero attached hydrogens (tertiary/aromatic N) is 15. The van der Waals surface area contributed by atoms with Gasteiger partial charge in [-0.1, -0.05) is 92.0 Å². The number of aromatic amines is 1. The van der Waals surface area contributed by atoms with Crippen molar-refractivity contribution in [1.82, 2.24) is 34.9 Å². The number of non-ortho nitro benzene ring substituents is 1. The maximum atomic E-state index is 12.2. The van der Waals surface area contributed by atoms with Gasteiger partial charge in [-0.05, 0) is 116 Å². The number of ether oxygens (including phenoxy) is 2. The molecule has 0 unspecified atom stereocenters. The molecule has 7 heterocycles. The van der Waals surface area contributed by atoms with E-state index in [2.05, 4.69) is 82.1 Å². The van der Waals surface area contributed by atoms with E-state index in [1.807, 2.05) is 79.7 Å². The quantitative estimate of drug-likeness (QED) is 0.0133. The molecule has 620 valence electrons. The molecule has 1 fully saturated rings. The SMILES string of the molecule is CS(=O)(=O)O/N=C(\C=C(C#N)C#N)c1nc2ccc(Cl)cc2s1.CS(=O)(=O)O/N=C(\c1ccc(C#N)cc1)c1nc2ccccc2s1.CS(=O)(=O)O/N=C(\c1ccc([N+](=O)[O-])cc1)c1nc2ccccc2s1.CS(=O)(=O)O/N=C(\c1ncc[nH]1)c1nc2ccccc2o1.Cc1ccc2nc(/C(C=C3C(=O)OC(C)(C)OC3=O)=N/OS(C)(=O)=O)sc2c1. The molecule has 14 rings (SSSR count). The second-order valence-corrected chi connectivity index (χ2v) is 37.0. The first-order valence-electron chi connectivity index (χ1n) is 33.4. The molecule has 13 aromatic rings. The molecule has 1 N–H and O–H groups in total. The van der Waals surface area contributed by atoms with Crippen molar-refractivity contribution in [2.45, 2.75) is 26.6 Å². The zero-order valence-corrected chi connectivity index (χ0v) is 71.2. The van der Waals surface area contributed by atoms with Crippen LogP contribution in [0.3, 0.4) is 0 Å². The van der Waals surface area contributed by atoms with Crippen LogP contribution in [-0.4, -0.2) is 159 Å². The monoisotopic (exact) mass is 1830 g/mol. The fourth-order valence-electron chi connectivity index (χ4n) is 9.45. The van der Waals surface area contributed by atoms with E-state index in [1.54, 1.807) is 85.1 Å². The minimum atomic E-state index is -3.92. The van der Waals surface area contributed by atoms with Gasteiger partial charge in [0.15, 0.2) is 11.4 Å². The molecule has 1 aliphatic rings. The van der Waals surface area contributed by atoms with Gasteiger partial charge < -0.3 is 18.9 Å². The van der Waals surface area contributed by atoms with E-state index >= 15 is 0 Å². The molecule has 38 nitrogen and oxygen atoms in total. The Morgan fingerprint density at radius 1 is 0.529 bits per heavy atom. The molecule has 121 heavy (non-hydrogen) atoms. The second-order valence-electron chi connectivity index (χ2n) is 24.7. The van der Waals surface area contributed by atoms with E-state index < -0.39 is 78.8 Å². The van der Waals surface area contributed by atoms with Gasteiger partial charge in [0.05, 0.1) is 88.7 Å². The van der Waals surface area contributed by atoms with Crippen LogP contribution in [0.2, 0.25) is 5.02 Å². The summed E-state index contributed by atoms with van der Waals surface area (Å²) < 4.78 is 154. The molecular weight excluding hydrogens is 1780 g/mol. The zero-order chi connectivity index (χ0) is 87.8. The number of hydrogen-bond donors (Lipinski definition) is 1. The number of cyclic esters (lactones) is 2. The summed E-state index contributed by atoms with van der Waals surface area (Å²) in [6.45, 7) is 4.74. The number of H-pyrrole nitrogens is 1.